The topological polar surface area (TPSA) is 54.1 Å². The van der Waals surface area contributed by atoms with Gasteiger partial charge in [0, 0.05) is 34.1 Å². The maximum Gasteiger partial charge on any atom is 0.251 e. The Bertz CT molecular complexity index is 927. The van der Waals surface area contributed by atoms with Crippen LogP contribution in [0.2, 0.25) is 0 Å². The van der Waals surface area contributed by atoms with Crippen molar-refractivity contribution in [3.63, 3.8) is 0 Å². The summed E-state index contributed by atoms with van der Waals surface area (Å²) in [6.07, 6.45) is 0.785. The molecule has 0 spiro atoms. The number of fused-ring (bicyclic) bond motifs is 2. The van der Waals surface area contributed by atoms with Crippen molar-refractivity contribution in [2.24, 2.45) is 0 Å². The van der Waals surface area contributed by atoms with E-state index in [0.29, 0.717) is 12.2 Å². The van der Waals surface area contributed by atoms with Crippen LogP contribution < -0.4 is 10.1 Å². The minimum atomic E-state index is -0.0446. The Balaban J connectivity index is 1.62. The maximum atomic E-state index is 12.7. The Morgan fingerprint density at radius 3 is 2.92 bits per heavy atom. The lowest BCUT2D eigenvalue weighted by molar-refractivity contribution is 0.0925. The molecule has 0 bridgehead atoms. The standard InChI is InChI=1S/C20H20N2O2/c1-12-13(2)21-17-8-7-14(11-16(12)17)20(23)22-18-9-10-24-19-6-4-3-5-15(18)19/h3-8,11,18,21H,9-10H2,1-2H3,(H,22,23)/t18-/m0/s1. The monoisotopic (exact) mass is 320 g/mol. The van der Waals surface area contributed by atoms with Gasteiger partial charge in [-0.05, 0) is 43.7 Å². The summed E-state index contributed by atoms with van der Waals surface area (Å²) in [5.74, 6) is 0.818. The first kappa shape index (κ1) is 14.8. The molecule has 1 atom stereocenters. The molecule has 0 unspecified atom stereocenters. The van der Waals surface area contributed by atoms with Crippen molar-refractivity contribution in [2.45, 2.75) is 26.3 Å². The number of aromatic nitrogens is 1. The van der Waals surface area contributed by atoms with Gasteiger partial charge in [-0.3, -0.25) is 4.79 Å². The normalized spacial score (nSPS) is 16.5. The second-order valence-electron chi connectivity index (χ2n) is 6.34. The number of nitrogens with one attached hydrogen (secondary N) is 2. The summed E-state index contributed by atoms with van der Waals surface area (Å²) in [6.45, 7) is 4.75. The van der Waals surface area contributed by atoms with Crippen LogP contribution in [0.1, 0.15) is 39.6 Å². The third kappa shape index (κ3) is 2.44. The molecule has 0 fully saturated rings. The van der Waals surface area contributed by atoms with Crippen LogP contribution in [0.25, 0.3) is 10.9 Å². The van der Waals surface area contributed by atoms with Gasteiger partial charge in [0.15, 0.2) is 0 Å². The lowest BCUT2D eigenvalue weighted by Gasteiger charge is -2.26. The van der Waals surface area contributed by atoms with Gasteiger partial charge in [-0.2, -0.15) is 0 Å². The summed E-state index contributed by atoms with van der Waals surface area (Å²) < 4.78 is 5.66. The molecule has 1 aromatic heterocycles. The van der Waals surface area contributed by atoms with E-state index in [1.54, 1.807) is 0 Å². The van der Waals surface area contributed by atoms with Crippen molar-refractivity contribution in [3.05, 3.63) is 64.8 Å². The van der Waals surface area contributed by atoms with E-state index < -0.39 is 0 Å². The van der Waals surface area contributed by atoms with Crippen LogP contribution >= 0.6 is 0 Å². The van der Waals surface area contributed by atoms with Gasteiger partial charge in [0.2, 0.25) is 0 Å². The van der Waals surface area contributed by atoms with Crippen LogP contribution in [0.4, 0.5) is 0 Å². The lowest BCUT2D eigenvalue weighted by Crippen LogP contribution is -2.32. The predicted octanol–water partition coefficient (Wildman–Crippen LogP) is 4.04. The van der Waals surface area contributed by atoms with Crippen molar-refractivity contribution in [1.82, 2.24) is 10.3 Å². The highest BCUT2D eigenvalue weighted by Crippen LogP contribution is 2.32. The van der Waals surface area contributed by atoms with Crippen LogP contribution in [-0.2, 0) is 0 Å². The van der Waals surface area contributed by atoms with Gasteiger partial charge in [0.05, 0.1) is 12.6 Å². The van der Waals surface area contributed by atoms with Crippen LogP contribution in [0.15, 0.2) is 42.5 Å². The highest BCUT2D eigenvalue weighted by atomic mass is 16.5. The molecule has 122 valence electrons. The van der Waals surface area contributed by atoms with Gasteiger partial charge in [0.1, 0.15) is 5.75 Å². The van der Waals surface area contributed by atoms with Crippen molar-refractivity contribution in [1.29, 1.82) is 0 Å². The number of carbonyl (C=O) groups is 1. The number of rotatable bonds is 2. The molecular weight excluding hydrogens is 300 g/mol. The largest absolute Gasteiger partial charge is 0.493 e. The summed E-state index contributed by atoms with van der Waals surface area (Å²) in [4.78, 5) is 16.1. The van der Waals surface area contributed by atoms with E-state index in [2.05, 4.69) is 17.2 Å². The number of hydrogen-bond donors (Lipinski definition) is 2. The molecule has 2 N–H and O–H groups in total. The second kappa shape index (κ2) is 5.71. The predicted molar refractivity (Wildman–Crippen MR) is 94.5 cm³/mol. The van der Waals surface area contributed by atoms with Gasteiger partial charge >= 0.3 is 0 Å². The van der Waals surface area contributed by atoms with Crippen molar-refractivity contribution < 1.29 is 9.53 Å². The average Bonchev–Trinajstić information content (AvgIpc) is 2.89. The highest BCUT2D eigenvalue weighted by Gasteiger charge is 2.23. The number of ether oxygens (including phenoxy) is 1. The molecule has 0 aliphatic carbocycles. The zero-order chi connectivity index (χ0) is 16.7. The summed E-state index contributed by atoms with van der Waals surface area (Å²) >= 11 is 0. The van der Waals surface area contributed by atoms with E-state index in [9.17, 15) is 4.79 Å². The first-order chi connectivity index (χ1) is 11.6. The molecule has 1 aliphatic rings. The number of amides is 1. The molecule has 0 saturated carbocycles. The Hall–Kier alpha value is -2.75. The Labute approximate surface area is 140 Å². The summed E-state index contributed by atoms with van der Waals surface area (Å²) in [5, 5.41) is 4.26. The van der Waals surface area contributed by atoms with E-state index in [4.69, 9.17) is 4.74 Å². The molecule has 4 nitrogen and oxygen atoms in total. The van der Waals surface area contributed by atoms with Crippen LogP contribution in [-0.4, -0.2) is 17.5 Å². The number of carbonyl (C=O) groups excluding carboxylic acids is 1. The molecule has 4 heteroatoms. The Morgan fingerprint density at radius 1 is 1.21 bits per heavy atom. The first-order valence-corrected chi connectivity index (χ1v) is 8.25. The number of H-pyrrole nitrogens is 1. The minimum absolute atomic E-state index is 0.00722. The van der Waals surface area contributed by atoms with Crippen LogP contribution in [0.3, 0.4) is 0 Å². The fraction of sp³-hybridized carbons (Fsp3) is 0.250. The Kier molecular flexibility index (Phi) is 3.53. The fourth-order valence-corrected chi connectivity index (χ4v) is 3.34. The average molecular weight is 320 g/mol. The van der Waals surface area contributed by atoms with Crippen molar-refractivity contribution in [2.75, 3.05) is 6.61 Å². The summed E-state index contributed by atoms with van der Waals surface area (Å²) in [7, 11) is 0. The molecular formula is C20H20N2O2. The van der Waals surface area contributed by atoms with Gasteiger partial charge in [-0.1, -0.05) is 18.2 Å². The highest BCUT2D eigenvalue weighted by molar-refractivity contribution is 5.99. The summed E-state index contributed by atoms with van der Waals surface area (Å²) in [5.41, 5.74) is 5.13. The van der Waals surface area contributed by atoms with Crippen LogP contribution in [0.5, 0.6) is 5.75 Å². The zero-order valence-corrected chi connectivity index (χ0v) is 13.8. The molecule has 1 aliphatic heterocycles. The maximum absolute atomic E-state index is 12.7. The molecule has 1 amide bonds. The van der Waals surface area contributed by atoms with Gasteiger partial charge < -0.3 is 15.0 Å². The molecule has 2 heterocycles. The molecule has 3 aromatic rings. The quantitative estimate of drug-likeness (QED) is 0.749. The number of benzene rings is 2. The molecule has 0 saturated heterocycles. The first-order valence-electron chi connectivity index (χ1n) is 8.25. The third-order valence-corrected chi connectivity index (χ3v) is 4.83. The van der Waals surface area contributed by atoms with E-state index in [1.807, 2.05) is 49.4 Å². The molecule has 0 radical (unpaired) electrons. The fourth-order valence-electron chi connectivity index (χ4n) is 3.34. The summed E-state index contributed by atoms with van der Waals surface area (Å²) in [6, 6.07) is 13.7. The van der Waals surface area contributed by atoms with E-state index in [0.717, 1.165) is 34.3 Å². The van der Waals surface area contributed by atoms with E-state index in [-0.39, 0.29) is 11.9 Å². The molecule has 24 heavy (non-hydrogen) atoms. The number of para-hydroxylation sites is 1. The van der Waals surface area contributed by atoms with E-state index >= 15 is 0 Å². The second-order valence-corrected chi connectivity index (χ2v) is 6.34. The van der Waals surface area contributed by atoms with Gasteiger partial charge in [-0.25, -0.2) is 0 Å². The lowest BCUT2D eigenvalue weighted by atomic mass is 10.00. The Morgan fingerprint density at radius 2 is 2.04 bits per heavy atom. The number of aryl methyl sites for hydroxylation is 2. The third-order valence-electron chi connectivity index (χ3n) is 4.83. The smallest absolute Gasteiger partial charge is 0.251 e. The number of aromatic amines is 1. The van der Waals surface area contributed by atoms with Crippen molar-refractivity contribution in [3.8, 4) is 5.75 Å². The molecule has 2 aromatic carbocycles. The van der Waals surface area contributed by atoms with Crippen LogP contribution in [0, 0.1) is 13.8 Å². The van der Waals surface area contributed by atoms with Gasteiger partial charge in [0.25, 0.3) is 5.91 Å². The minimum Gasteiger partial charge on any atom is -0.493 e. The number of hydrogen-bond acceptors (Lipinski definition) is 2. The molecule has 4 rings (SSSR count). The van der Waals surface area contributed by atoms with E-state index in [1.165, 1.54) is 5.56 Å². The van der Waals surface area contributed by atoms with Gasteiger partial charge in [-0.15, -0.1) is 0 Å². The SMILES string of the molecule is Cc1[nH]c2ccc(C(=O)N[C@H]3CCOc4ccccc43)cc2c1C. The van der Waals surface area contributed by atoms with Crippen molar-refractivity contribution >= 4 is 16.8 Å². The zero-order valence-electron chi connectivity index (χ0n) is 13.8.